The second kappa shape index (κ2) is 8.19. The number of nitrogens with zero attached hydrogens (tertiary/aromatic N) is 3. The van der Waals surface area contributed by atoms with Gasteiger partial charge in [0.25, 0.3) is 0 Å². The van der Waals surface area contributed by atoms with E-state index in [4.69, 9.17) is 21.3 Å². The molecular weight excluding hydrogens is 410 g/mol. The summed E-state index contributed by atoms with van der Waals surface area (Å²) in [6.07, 6.45) is 3.73. The van der Waals surface area contributed by atoms with Crippen LogP contribution < -0.4 is 4.74 Å². The van der Waals surface area contributed by atoms with Gasteiger partial charge < -0.3 is 14.2 Å². The maximum atomic E-state index is 12.5. The van der Waals surface area contributed by atoms with Gasteiger partial charge in [-0.2, -0.15) is 0 Å². The number of likely N-dealkylation sites (tertiary alicyclic amines) is 1. The fourth-order valence-corrected chi connectivity index (χ4v) is 4.80. The molecule has 1 saturated carbocycles. The first-order valence-electron chi connectivity index (χ1n) is 11.2. The third-order valence-electron chi connectivity index (χ3n) is 6.40. The Labute approximate surface area is 188 Å². The fraction of sp³-hybridized carbons (Fsp3) is 0.440. The Morgan fingerprint density at radius 1 is 1.16 bits per heavy atom. The van der Waals surface area contributed by atoms with Crippen molar-refractivity contribution < 1.29 is 9.53 Å². The maximum Gasteiger partial charge on any atom is 0.223 e. The molecule has 6 heteroatoms. The number of para-hydroxylation sites is 2. The van der Waals surface area contributed by atoms with Crippen molar-refractivity contribution >= 4 is 28.5 Å². The normalized spacial score (nSPS) is 18.9. The van der Waals surface area contributed by atoms with Gasteiger partial charge in [-0.3, -0.25) is 4.79 Å². The molecule has 5 rings (SSSR count). The van der Waals surface area contributed by atoms with Crippen molar-refractivity contribution in [3.8, 4) is 5.75 Å². The molecule has 0 radical (unpaired) electrons. The highest BCUT2D eigenvalue weighted by atomic mass is 35.5. The number of hydrogen-bond donors (Lipinski definition) is 0. The van der Waals surface area contributed by atoms with E-state index in [2.05, 4.69) is 27.7 Å². The second-order valence-corrected chi connectivity index (χ2v) is 9.24. The number of halogens is 1. The summed E-state index contributed by atoms with van der Waals surface area (Å²) in [5.74, 6) is 2.35. The summed E-state index contributed by atoms with van der Waals surface area (Å²) < 4.78 is 8.31. The number of amides is 1. The summed E-state index contributed by atoms with van der Waals surface area (Å²) in [5.41, 5.74) is 4.20. The number of benzene rings is 2. The molecule has 2 fully saturated rings. The molecular formula is C25H28ClN3O2. The van der Waals surface area contributed by atoms with E-state index >= 15 is 0 Å². The molecule has 5 nitrogen and oxygen atoms in total. The van der Waals surface area contributed by atoms with Crippen LogP contribution in [0.15, 0.2) is 36.4 Å². The van der Waals surface area contributed by atoms with Crippen molar-refractivity contribution in [1.82, 2.24) is 14.5 Å². The smallest absolute Gasteiger partial charge is 0.223 e. The fourth-order valence-electron chi connectivity index (χ4n) is 4.69. The summed E-state index contributed by atoms with van der Waals surface area (Å²) in [6.45, 7) is 6.23. The third kappa shape index (κ3) is 4.03. The topological polar surface area (TPSA) is 47.4 Å². The molecule has 1 saturated heterocycles. The van der Waals surface area contributed by atoms with Crippen LogP contribution in [0, 0.1) is 13.8 Å². The Morgan fingerprint density at radius 3 is 2.65 bits per heavy atom. The molecule has 0 bridgehead atoms. The number of aromatic nitrogens is 2. The first-order valence-corrected chi connectivity index (χ1v) is 11.5. The van der Waals surface area contributed by atoms with Crippen molar-refractivity contribution in [2.24, 2.45) is 0 Å². The minimum absolute atomic E-state index is 0.169. The molecule has 31 heavy (non-hydrogen) atoms. The first-order chi connectivity index (χ1) is 15.0. The lowest BCUT2D eigenvalue weighted by Crippen LogP contribution is -2.27. The summed E-state index contributed by atoms with van der Waals surface area (Å²) in [5, 5.41) is 0.799. The van der Waals surface area contributed by atoms with Crippen molar-refractivity contribution in [1.29, 1.82) is 0 Å². The maximum absolute atomic E-state index is 12.5. The van der Waals surface area contributed by atoms with E-state index in [9.17, 15) is 4.79 Å². The Balaban J connectivity index is 1.31. The van der Waals surface area contributed by atoms with E-state index in [0.717, 1.165) is 71.1 Å². The molecule has 1 aromatic heterocycles. The van der Waals surface area contributed by atoms with Gasteiger partial charge in [0.15, 0.2) is 0 Å². The summed E-state index contributed by atoms with van der Waals surface area (Å²) in [4.78, 5) is 19.5. The number of hydrogen-bond acceptors (Lipinski definition) is 3. The molecule has 1 aliphatic carbocycles. The largest absolute Gasteiger partial charge is 0.494 e. The van der Waals surface area contributed by atoms with Crippen molar-refractivity contribution in [2.45, 2.75) is 58.0 Å². The minimum Gasteiger partial charge on any atom is -0.494 e. The van der Waals surface area contributed by atoms with Crippen LogP contribution in [0.2, 0.25) is 5.02 Å². The molecule has 0 N–H and O–H groups in total. The van der Waals surface area contributed by atoms with Gasteiger partial charge in [-0.05, 0) is 68.5 Å². The molecule has 1 unspecified atom stereocenters. The molecule has 1 amide bonds. The van der Waals surface area contributed by atoms with Crippen molar-refractivity contribution in [3.63, 3.8) is 0 Å². The van der Waals surface area contributed by atoms with Gasteiger partial charge in [0.05, 0.1) is 17.6 Å². The van der Waals surface area contributed by atoms with Gasteiger partial charge in [0.2, 0.25) is 5.91 Å². The Morgan fingerprint density at radius 2 is 1.90 bits per heavy atom. The number of carbonyl (C=O) groups excluding carboxylic acids is 1. The monoisotopic (exact) mass is 437 g/mol. The number of fused-ring (bicyclic) bond motifs is 1. The number of carbonyl (C=O) groups is 1. The van der Waals surface area contributed by atoms with Gasteiger partial charge in [-0.1, -0.05) is 23.7 Å². The van der Waals surface area contributed by atoms with E-state index in [1.807, 2.05) is 32.0 Å². The van der Waals surface area contributed by atoms with Gasteiger partial charge in [-0.15, -0.1) is 0 Å². The van der Waals surface area contributed by atoms with E-state index in [1.54, 1.807) is 0 Å². The zero-order chi connectivity index (χ0) is 21.5. The molecule has 0 spiro atoms. The molecule has 3 aromatic rings. The summed E-state index contributed by atoms with van der Waals surface area (Å²) in [6, 6.07) is 12.7. The van der Waals surface area contributed by atoms with E-state index in [1.165, 1.54) is 0 Å². The SMILES string of the molecule is Cc1cc(OCCCn2c(C3CC(=O)N(C4CC4)C3)nc3ccccc32)cc(C)c1Cl. The van der Waals surface area contributed by atoms with Crippen LogP contribution in [-0.2, 0) is 11.3 Å². The standard InChI is InChI=1S/C25H28ClN3O2/c1-16-12-20(13-17(2)24(16)26)31-11-5-10-28-22-7-4-3-6-21(22)27-25(28)18-14-23(30)29(15-18)19-8-9-19/h3-4,6-7,12-13,18-19H,5,8-11,14-15H2,1-2H3. The summed E-state index contributed by atoms with van der Waals surface area (Å²) >= 11 is 6.26. The summed E-state index contributed by atoms with van der Waals surface area (Å²) in [7, 11) is 0. The average Bonchev–Trinajstić information content (AvgIpc) is 3.42. The number of ether oxygens (including phenoxy) is 1. The first kappa shape index (κ1) is 20.4. The molecule has 1 aliphatic heterocycles. The van der Waals surface area contributed by atoms with Crippen LogP contribution in [0.4, 0.5) is 0 Å². The highest BCUT2D eigenvalue weighted by molar-refractivity contribution is 6.32. The lowest BCUT2D eigenvalue weighted by Gasteiger charge is -2.17. The van der Waals surface area contributed by atoms with Crippen LogP contribution in [0.1, 0.15) is 48.6 Å². The predicted molar refractivity (Wildman–Crippen MR) is 123 cm³/mol. The quantitative estimate of drug-likeness (QED) is 0.474. The van der Waals surface area contributed by atoms with E-state index in [-0.39, 0.29) is 11.8 Å². The Bertz CT molecular complexity index is 1110. The Kier molecular flexibility index (Phi) is 5.39. The van der Waals surface area contributed by atoms with Crippen LogP contribution in [0.3, 0.4) is 0 Å². The van der Waals surface area contributed by atoms with Gasteiger partial charge in [-0.25, -0.2) is 4.98 Å². The second-order valence-electron chi connectivity index (χ2n) is 8.86. The molecule has 2 heterocycles. The highest BCUT2D eigenvalue weighted by Crippen LogP contribution is 2.37. The molecule has 2 aromatic carbocycles. The zero-order valence-electron chi connectivity index (χ0n) is 18.1. The lowest BCUT2D eigenvalue weighted by molar-refractivity contribution is -0.128. The minimum atomic E-state index is 0.169. The predicted octanol–water partition coefficient (Wildman–Crippen LogP) is 5.25. The third-order valence-corrected chi connectivity index (χ3v) is 7.00. The number of imidazole rings is 1. The van der Waals surface area contributed by atoms with Crippen molar-refractivity contribution in [2.75, 3.05) is 13.2 Å². The number of aryl methyl sites for hydroxylation is 3. The Hall–Kier alpha value is -2.53. The average molecular weight is 438 g/mol. The molecule has 1 atom stereocenters. The molecule has 2 aliphatic rings. The van der Waals surface area contributed by atoms with Gasteiger partial charge in [0, 0.05) is 36.5 Å². The highest BCUT2D eigenvalue weighted by Gasteiger charge is 2.41. The lowest BCUT2D eigenvalue weighted by atomic mass is 10.1. The van der Waals surface area contributed by atoms with Crippen LogP contribution >= 0.6 is 11.6 Å². The molecule has 162 valence electrons. The van der Waals surface area contributed by atoms with E-state index < -0.39 is 0 Å². The number of rotatable bonds is 7. The van der Waals surface area contributed by atoms with E-state index in [0.29, 0.717) is 19.1 Å². The van der Waals surface area contributed by atoms with Crippen molar-refractivity contribution in [3.05, 3.63) is 58.4 Å². The van der Waals surface area contributed by atoms with Crippen LogP contribution in [0.5, 0.6) is 5.75 Å². The van der Waals surface area contributed by atoms with Crippen LogP contribution in [-0.4, -0.2) is 39.6 Å². The zero-order valence-corrected chi connectivity index (χ0v) is 18.9. The van der Waals surface area contributed by atoms with Gasteiger partial charge >= 0.3 is 0 Å². The van der Waals surface area contributed by atoms with Crippen LogP contribution in [0.25, 0.3) is 11.0 Å². The van der Waals surface area contributed by atoms with Gasteiger partial charge in [0.1, 0.15) is 11.6 Å².